The molecule has 0 amide bonds. The van der Waals surface area contributed by atoms with Gasteiger partial charge in [-0.2, -0.15) is 10.1 Å². The molecule has 0 spiro atoms. The van der Waals surface area contributed by atoms with Crippen molar-refractivity contribution in [1.82, 2.24) is 20.1 Å². The van der Waals surface area contributed by atoms with E-state index in [0.29, 0.717) is 6.54 Å². The molecule has 19 heavy (non-hydrogen) atoms. The lowest BCUT2D eigenvalue weighted by Gasteiger charge is -2.07. The highest BCUT2D eigenvalue weighted by Crippen LogP contribution is 2.14. The van der Waals surface area contributed by atoms with Gasteiger partial charge in [-0.25, -0.2) is 17.8 Å². The van der Waals surface area contributed by atoms with E-state index in [1.807, 2.05) is 7.05 Å². The molecule has 0 bridgehead atoms. The van der Waals surface area contributed by atoms with E-state index < -0.39 is 10.0 Å². The van der Waals surface area contributed by atoms with E-state index in [9.17, 15) is 8.42 Å². The molecule has 1 aromatic heterocycles. The Kier molecular flexibility index (Phi) is 3.82. The van der Waals surface area contributed by atoms with Gasteiger partial charge >= 0.3 is 0 Å². The third kappa shape index (κ3) is 3.09. The second-order valence-electron chi connectivity index (χ2n) is 3.99. The third-order valence-electron chi connectivity index (χ3n) is 2.55. The maximum atomic E-state index is 12.1. The molecule has 2 N–H and O–H groups in total. The van der Waals surface area contributed by atoms with Crippen molar-refractivity contribution in [2.75, 3.05) is 11.8 Å². The second kappa shape index (κ2) is 5.37. The Morgan fingerprint density at radius 1 is 1.26 bits per heavy atom. The van der Waals surface area contributed by atoms with Crippen molar-refractivity contribution in [2.24, 2.45) is 7.05 Å². The first-order valence-electron chi connectivity index (χ1n) is 5.63. The fourth-order valence-electron chi connectivity index (χ4n) is 1.56. The first-order chi connectivity index (χ1) is 9.03. The van der Waals surface area contributed by atoms with Crippen LogP contribution in [0.25, 0.3) is 0 Å². The molecule has 0 radical (unpaired) electrons. The van der Waals surface area contributed by atoms with Gasteiger partial charge in [0.15, 0.2) is 0 Å². The fraction of sp³-hybridized carbons (Fsp3) is 0.273. The highest BCUT2D eigenvalue weighted by Gasteiger charge is 2.16. The average molecular weight is 281 g/mol. The van der Waals surface area contributed by atoms with E-state index in [2.05, 4.69) is 20.1 Å². The van der Waals surface area contributed by atoms with Crippen LogP contribution in [0.15, 0.2) is 35.5 Å². The van der Waals surface area contributed by atoms with Crippen LogP contribution in [-0.4, -0.2) is 30.2 Å². The van der Waals surface area contributed by atoms with E-state index in [0.717, 1.165) is 5.56 Å². The zero-order valence-corrected chi connectivity index (χ0v) is 11.5. The highest BCUT2D eigenvalue weighted by atomic mass is 32.2. The maximum Gasteiger partial charge on any atom is 0.264 e. The van der Waals surface area contributed by atoms with E-state index in [1.165, 1.54) is 11.0 Å². The van der Waals surface area contributed by atoms with Crippen LogP contribution in [0, 0.1) is 0 Å². The Balaban J connectivity index is 2.22. The number of hydrogen-bond acceptors (Lipinski definition) is 5. The molecule has 1 aromatic carbocycles. The Morgan fingerprint density at radius 3 is 2.47 bits per heavy atom. The van der Waals surface area contributed by atoms with E-state index >= 15 is 0 Å². The highest BCUT2D eigenvalue weighted by molar-refractivity contribution is 7.92. The molecule has 7 nitrogen and oxygen atoms in total. The standard InChI is InChI=1S/C11H15N5O2S/c1-12-7-9-3-5-10(6-4-9)19(17,18)15-11-13-8-14-16(11)2/h3-6,8,12H,7H2,1-2H3,(H,13,14,15). The van der Waals surface area contributed by atoms with Gasteiger partial charge in [0.25, 0.3) is 10.0 Å². The fourth-order valence-corrected chi connectivity index (χ4v) is 2.60. The van der Waals surface area contributed by atoms with E-state index in [-0.39, 0.29) is 10.8 Å². The van der Waals surface area contributed by atoms with Gasteiger partial charge < -0.3 is 5.32 Å². The van der Waals surface area contributed by atoms with Crippen molar-refractivity contribution >= 4 is 16.0 Å². The van der Waals surface area contributed by atoms with Gasteiger partial charge in [0.05, 0.1) is 4.90 Å². The van der Waals surface area contributed by atoms with Crippen LogP contribution in [0.4, 0.5) is 5.95 Å². The molecule has 0 unspecified atom stereocenters. The molecule has 102 valence electrons. The lowest BCUT2D eigenvalue weighted by atomic mass is 10.2. The van der Waals surface area contributed by atoms with Crippen molar-refractivity contribution in [2.45, 2.75) is 11.4 Å². The van der Waals surface area contributed by atoms with Crippen molar-refractivity contribution < 1.29 is 8.42 Å². The lowest BCUT2D eigenvalue weighted by molar-refractivity contribution is 0.600. The van der Waals surface area contributed by atoms with Gasteiger partial charge in [-0.1, -0.05) is 12.1 Å². The molecular formula is C11H15N5O2S. The SMILES string of the molecule is CNCc1ccc(S(=O)(=O)Nc2ncnn2C)cc1. The lowest BCUT2D eigenvalue weighted by Crippen LogP contribution is -2.16. The molecule has 0 aliphatic carbocycles. The molecule has 0 saturated heterocycles. The zero-order chi connectivity index (χ0) is 13.9. The molecule has 2 rings (SSSR count). The number of anilines is 1. The zero-order valence-electron chi connectivity index (χ0n) is 10.7. The summed E-state index contributed by atoms with van der Waals surface area (Å²) in [6.07, 6.45) is 1.29. The minimum Gasteiger partial charge on any atom is -0.316 e. The maximum absolute atomic E-state index is 12.1. The summed E-state index contributed by atoms with van der Waals surface area (Å²) < 4.78 is 28.0. The van der Waals surface area contributed by atoms with Crippen LogP contribution in [0.1, 0.15) is 5.56 Å². The summed E-state index contributed by atoms with van der Waals surface area (Å²) in [6, 6.07) is 6.65. The average Bonchev–Trinajstić information content (AvgIpc) is 2.75. The largest absolute Gasteiger partial charge is 0.316 e. The number of rotatable bonds is 5. The number of nitrogens with one attached hydrogen (secondary N) is 2. The number of benzene rings is 1. The van der Waals surface area contributed by atoms with Crippen LogP contribution in [0.5, 0.6) is 0 Å². The molecule has 1 heterocycles. The van der Waals surface area contributed by atoms with Gasteiger partial charge in [-0.05, 0) is 24.7 Å². The molecule has 0 fully saturated rings. The van der Waals surface area contributed by atoms with Crippen molar-refractivity contribution in [3.63, 3.8) is 0 Å². The van der Waals surface area contributed by atoms with Crippen LogP contribution < -0.4 is 10.0 Å². The molecule has 0 atom stereocenters. The number of nitrogens with zero attached hydrogens (tertiary/aromatic N) is 3. The first-order valence-corrected chi connectivity index (χ1v) is 7.11. The molecule has 0 aliphatic heterocycles. The van der Waals surface area contributed by atoms with E-state index in [4.69, 9.17) is 0 Å². The van der Waals surface area contributed by atoms with Crippen LogP contribution in [0.3, 0.4) is 0 Å². The smallest absolute Gasteiger partial charge is 0.264 e. The van der Waals surface area contributed by atoms with Crippen LogP contribution in [-0.2, 0) is 23.6 Å². The quantitative estimate of drug-likeness (QED) is 0.824. The number of hydrogen-bond donors (Lipinski definition) is 2. The van der Waals surface area contributed by atoms with Gasteiger partial charge in [0.2, 0.25) is 5.95 Å². The topological polar surface area (TPSA) is 88.9 Å². The third-order valence-corrected chi connectivity index (χ3v) is 3.90. The summed E-state index contributed by atoms with van der Waals surface area (Å²) in [6.45, 7) is 0.692. The minimum atomic E-state index is -3.63. The van der Waals surface area contributed by atoms with Gasteiger partial charge in [0.1, 0.15) is 6.33 Å². The first kappa shape index (κ1) is 13.5. The van der Waals surface area contributed by atoms with Crippen molar-refractivity contribution in [3.05, 3.63) is 36.2 Å². The summed E-state index contributed by atoms with van der Waals surface area (Å²) in [5.41, 5.74) is 1.01. The summed E-state index contributed by atoms with van der Waals surface area (Å²) in [4.78, 5) is 4.02. The predicted molar refractivity (Wildman–Crippen MR) is 71.0 cm³/mol. The number of aryl methyl sites for hydroxylation is 1. The molecule has 0 aliphatic rings. The molecule has 8 heteroatoms. The normalized spacial score (nSPS) is 11.5. The Morgan fingerprint density at radius 2 is 1.95 bits per heavy atom. The molecule has 2 aromatic rings. The molecular weight excluding hydrogens is 266 g/mol. The Bertz CT molecular complexity index is 648. The van der Waals surface area contributed by atoms with Gasteiger partial charge in [0, 0.05) is 13.6 Å². The number of sulfonamides is 1. The van der Waals surface area contributed by atoms with Crippen LogP contribution in [0.2, 0.25) is 0 Å². The summed E-state index contributed by atoms with van der Waals surface area (Å²) in [5.74, 6) is 0.180. The van der Waals surface area contributed by atoms with E-state index in [1.54, 1.807) is 31.3 Å². The summed E-state index contributed by atoms with van der Waals surface area (Å²) >= 11 is 0. The predicted octanol–water partition coefficient (Wildman–Crippen LogP) is 0.335. The Labute approximate surface area is 111 Å². The second-order valence-corrected chi connectivity index (χ2v) is 5.67. The van der Waals surface area contributed by atoms with Crippen molar-refractivity contribution in [3.8, 4) is 0 Å². The van der Waals surface area contributed by atoms with Gasteiger partial charge in [-0.3, -0.25) is 0 Å². The minimum absolute atomic E-state index is 0.180. The van der Waals surface area contributed by atoms with Gasteiger partial charge in [-0.15, -0.1) is 0 Å². The monoisotopic (exact) mass is 281 g/mol. The Hall–Kier alpha value is -1.93. The number of aromatic nitrogens is 3. The van der Waals surface area contributed by atoms with Crippen LogP contribution >= 0.6 is 0 Å². The summed E-state index contributed by atoms with van der Waals surface area (Å²) in [5, 5.41) is 6.80. The van der Waals surface area contributed by atoms with Crippen molar-refractivity contribution in [1.29, 1.82) is 0 Å². The molecule has 0 saturated carbocycles. The summed E-state index contributed by atoms with van der Waals surface area (Å²) in [7, 11) is -0.186.